The van der Waals surface area contributed by atoms with Gasteiger partial charge in [-0.1, -0.05) is 13.8 Å². The van der Waals surface area contributed by atoms with Crippen molar-refractivity contribution in [3.63, 3.8) is 0 Å². The van der Waals surface area contributed by atoms with Crippen molar-refractivity contribution < 1.29 is 19.1 Å². The molecule has 0 heterocycles. The molecule has 22 heavy (non-hydrogen) atoms. The Bertz CT molecular complexity index is 325. The summed E-state index contributed by atoms with van der Waals surface area (Å²) in [5.74, 6) is 1.26. The largest absolute Gasteiger partial charge is 0.465 e. The van der Waals surface area contributed by atoms with Gasteiger partial charge in [-0.15, -0.1) is 0 Å². The molecule has 5 heteroatoms. The molecule has 1 aliphatic carbocycles. The van der Waals surface area contributed by atoms with E-state index >= 15 is 0 Å². The topological polar surface area (TPSA) is 64.6 Å². The quantitative estimate of drug-likeness (QED) is 0.495. The van der Waals surface area contributed by atoms with E-state index in [0.717, 1.165) is 45.1 Å². The molecule has 1 saturated carbocycles. The fraction of sp³-hybridized carbons (Fsp3) is 0.882. The number of nitrogens with one attached hydrogen (secondary N) is 1. The number of aldehydes is 1. The van der Waals surface area contributed by atoms with E-state index in [9.17, 15) is 9.59 Å². The molecular weight excluding hydrogens is 282 g/mol. The first kappa shape index (κ1) is 19.1. The zero-order valence-electron chi connectivity index (χ0n) is 14.2. The first-order valence-corrected chi connectivity index (χ1v) is 8.38. The highest BCUT2D eigenvalue weighted by Crippen LogP contribution is 2.29. The van der Waals surface area contributed by atoms with Crippen LogP contribution in [-0.2, 0) is 19.1 Å². The molecule has 128 valence electrons. The number of rotatable bonds is 10. The standard InChI is InChI=1S/C17H31NO4/c1-13(2)9-18-16(10-19)8-17(20)22-12-15-6-4-14(5-7-15)11-21-3/h10,13-16,18H,4-9,11-12H2,1-3H3. The maximum absolute atomic E-state index is 11.8. The lowest BCUT2D eigenvalue weighted by atomic mass is 9.83. The van der Waals surface area contributed by atoms with Crippen LogP contribution >= 0.6 is 0 Å². The van der Waals surface area contributed by atoms with E-state index in [2.05, 4.69) is 19.2 Å². The summed E-state index contributed by atoms with van der Waals surface area (Å²) in [6.07, 6.45) is 5.37. The van der Waals surface area contributed by atoms with Crippen LogP contribution in [0, 0.1) is 17.8 Å². The van der Waals surface area contributed by atoms with Gasteiger partial charge in [0.05, 0.1) is 19.1 Å². The minimum atomic E-state index is -0.438. The van der Waals surface area contributed by atoms with Gasteiger partial charge >= 0.3 is 5.97 Å². The van der Waals surface area contributed by atoms with E-state index in [1.807, 2.05) is 0 Å². The summed E-state index contributed by atoms with van der Waals surface area (Å²) in [5.41, 5.74) is 0. The second-order valence-corrected chi connectivity index (χ2v) is 6.77. The third-order valence-corrected chi connectivity index (χ3v) is 4.19. The average Bonchev–Trinajstić information content (AvgIpc) is 2.51. The highest BCUT2D eigenvalue weighted by molar-refractivity contribution is 5.75. The summed E-state index contributed by atoms with van der Waals surface area (Å²) in [7, 11) is 1.74. The molecule has 0 aromatic rings. The Balaban J connectivity index is 2.18. The SMILES string of the molecule is COCC1CCC(COC(=O)CC(C=O)NCC(C)C)CC1. The predicted molar refractivity (Wildman–Crippen MR) is 85.6 cm³/mol. The summed E-state index contributed by atoms with van der Waals surface area (Å²) >= 11 is 0. The molecule has 5 nitrogen and oxygen atoms in total. The maximum atomic E-state index is 11.8. The van der Waals surface area contributed by atoms with Gasteiger partial charge in [0.15, 0.2) is 0 Å². The van der Waals surface area contributed by atoms with Crippen molar-refractivity contribution in [1.82, 2.24) is 5.32 Å². The number of hydrogen-bond acceptors (Lipinski definition) is 5. The minimum absolute atomic E-state index is 0.120. The van der Waals surface area contributed by atoms with Gasteiger partial charge in [0.2, 0.25) is 0 Å². The molecule has 0 radical (unpaired) electrons. The van der Waals surface area contributed by atoms with Crippen LogP contribution in [0.25, 0.3) is 0 Å². The van der Waals surface area contributed by atoms with Crippen LogP contribution < -0.4 is 5.32 Å². The van der Waals surface area contributed by atoms with Gasteiger partial charge in [0.1, 0.15) is 6.29 Å². The van der Waals surface area contributed by atoms with Crippen molar-refractivity contribution in [1.29, 1.82) is 0 Å². The van der Waals surface area contributed by atoms with Crippen LogP contribution in [0.3, 0.4) is 0 Å². The summed E-state index contributed by atoms with van der Waals surface area (Å²) in [4.78, 5) is 22.8. The number of carbonyl (C=O) groups is 2. The average molecular weight is 313 g/mol. The van der Waals surface area contributed by atoms with E-state index in [-0.39, 0.29) is 12.4 Å². The molecule has 0 saturated heterocycles. The molecule has 0 bridgehead atoms. The van der Waals surface area contributed by atoms with Crippen molar-refractivity contribution >= 4 is 12.3 Å². The lowest BCUT2D eigenvalue weighted by molar-refractivity contribution is -0.146. The number of ether oxygens (including phenoxy) is 2. The molecule has 1 atom stereocenters. The van der Waals surface area contributed by atoms with Crippen molar-refractivity contribution in [2.24, 2.45) is 17.8 Å². The Labute approximate surface area is 134 Å². The Hall–Kier alpha value is -0.940. The monoisotopic (exact) mass is 313 g/mol. The van der Waals surface area contributed by atoms with E-state index in [1.54, 1.807) is 7.11 Å². The molecule has 1 rings (SSSR count). The summed E-state index contributed by atoms with van der Waals surface area (Å²) in [5, 5.41) is 3.07. The second-order valence-electron chi connectivity index (χ2n) is 6.77. The maximum Gasteiger partial charge on any atom is 0.307 e. The third kappa shape index (κ3) is 7.90. The molecular formula is C17H31NO4. The van der Waals surface area contributed by atoms with Gasteiger partial charge in [0, 0.05) is 13.7 Å². The van der Waals surface area contributed by atoms with Crippen LogP contribution in [0.1, 0.15) is 46.0 Å². The molecule has 1 unspecified atom stereocenters. The molecule has 0 spiro atoms. The van der Waals surface area contributed by atoms with E-state index < -0.39 is 6.04 Å². The first-order valence-electron chi connectivity index (χ1n) is 8.38. The van der Waals surface area contributed by atoms with Gasteiger partial charge in [0.25, 0.3) is 0 Å². The van der Waals surface area contributed by atoms with Crippen LogP contribution in [-0.4, -0.2) is 45.2 Å². The van der Waals surface area contributed by atoms with Gasteiger partial charge in [-0.3, -0.25) is 4.79 Å². The Morgan fingerprint density at radius 3 is 2.27 bits per heavy atom. The highest BCUT2D eigenvalue weighted by atomic mass is 16.5. The number of hydrogen-bond donors (Lipinski definition) is 1. The lowest BCUT2D eigenvalue weighted by Crippen LogP contribution is -2.36. The second kappa shape index (κ2) is 10.7. The van der Waals surface area contributed by atoms with Crippen LogP contribution in [0.15, 0.2) is 0 Å². The van der Waals surface area contributed by atoms with Crippen LogP contribution in [0.5, 0.6) is 0 Å². The summed E-state index contributed by atoms with van der Waals surface area (Å²) < 4.78 is 10.5. The van der Waals surface area contributed by atoms with Crippen LogP contribution in [0.4, 0.5) is 0 Å². The third-order valence-electron chi connectivity index (χ3n) is 4.19. The van der Waals surface area contributed by atoms with Crippen molar-refractivity contribution in [2.75, 3.05) is 26.9 Å². The predicted octanol–water partition coefficient (Wildman–Crippen LogP) is 2.19. The van der Waals surface area contributed by atoms with Gasteiger partial charge in [-0.2, -0.15) is 0 Å². The van der Waals surface area contributed by atoms with Gasteiger partial charge in [-0.25, -0.2) is 0 Å². The van der Waals surface area contributed by atoms with Crippen molar-refractivity contribution in [2.45, 2.75) is 52.0 Å². The van der Waals surface area contributed by atoms with E-state index in [4.69, 9.17) is 9.47 Å². The molecule has 1 aliphatic rings. The molecule has 1 fully saturated rings. The molecule has 1 N–H and O–H groups in total. The lowest BCUT2D eigenvalue weighted by Gasteiger charge is -2.27. The van der Waals surface area contributed by atoms with Crippen molar-refractivity contribution in [3.05, 3.63) is 0 Å². The summed E-state index contributed by atoms with van der Waals surface area (Å²) in [6.45, 7) is 6.16. The zero-order chi connectivity index (χ0) is 16.4. The zero-order valence-corrected chi connectivity index (χ0v) is 14.2. The minimum Gasteiger partial charge on any atom is -0.465 e. The van der Waals surface area contributed by atoms with Gasteiger partial charge < -0.3 is 19.6 Å². The fourth-order valence-electron chi connectivity index (χ4n) is 2.81. The Kier molecular flexibility index (Phi) is 9.32. The Morgan fingerprint density at radius 1 is 1.18 bits per heavy atom. The van der Waals surface area contributed by atoms with Crippen LogP contribution in [0.2, 0.25) is 0 Å². The molecule has 0 aromatic carbocycles. The van der Waals surface area contributed by atoms with Gasteiger partial charge in [-0.05, 0) is 50.0 Å². The molecule has 0 aromatic heterocycles. The van der Waals surface area contributed by atoms with Crippen molar-refractivity contribution in [3.8, 4) is 0 Å². The van der Waals surface area contributed by atoms with E-state index in [0.29, 0.717) is 24.4 Å². The summed E-state index contributed by atoms with van der Waals surface area (Å²) in [6, 6.07) is -0.438. The number of carbonyl (C=O) groups excluding carboxylic acids is 2. The molecule has 0 amide bonds. The van der Waals surface area contributed by atoms with E-state index in [1.165, 1.54) is 0 Å². The molecule has 0 aliphatic heterocycles. The number of methoxy groups -OCH3 is 1. The normalized spacial score (nSPS) is 23.3. The highest BCUT2D eigenvalue weighted by Gasteiger charge is 2.22. The fourth-order valence-corrected chi connectivity index (χ4v) is 2.81. The number of esters is 1. The first-order chi connectivity index (χ1) is 10.5. The smallest absolute Gasteiger partial charge is 0.307 e. The Morgan fingerprint density at radius 2 is 1.77 bits per heavy atom.